The number of benzene rings is 1. The number of pyridine rings is 2. The summed E-state index contributed by atoms with van der Waals surface area (Å²) in [6.45, 7) is 3.58. The van der Waals surface area contributed by atoms with Crippen molar-refractivity contribution < 1.29 is 9.90 Å². The highest BCUT2D eigenvalue weighted by molar-refractivity contribution is 6.09. The number of carbonyl (C=O) groups is 1. The third-order valence-corrected chi connectivity index (χ3v) is 3.55. The lowest BCUT2D eigenvalue weighted by molar-refractivity contribution is 0.0696. The molecule has 0 bridgehead atoms. The largest absolute Gasteiger partial charge is 0.478 e. The summed E-state index contributed by atoms with van der Waals surface area (Å²) in [6, 6.07) is 5.25. The summed E-state index contributed by atoms with van der Waals surface area (Å²) in [5.74, 6) is -1.02. The summed E-state index contributed by atoms with van der Waals surface area (Å²) in [5.41, 5.74) is 2.71. The van der Waals surface area contributed by atoms with Gasteiger partial charge in [0.15, 0.2) is 0 Å². The maximum absolute atomic E-state index is 11.7. The Bertz CT molecular complexity index is 926. The van der Waals surface area contributed by atoms with E-state index < -0.39 is 5.97 Å². The molecule has 0 amide bonds. The number of H-pyrrole nitrogens is 1. The molecule has 0 radical (unpaired) electrons. The minimum Gasteiger partial charge on any atom is -0.478 e. The van der Waals surface area contributed by atoms with Crippen molar-refractivity contribution >= 4 is 27.8 Å². The van der Waals surface area contributed by atoms with Crippen LogP contribution in [0.5, 0.6) is 0 Å². The smallest absolute Gasteiger partial charge is 0.337 e. The number of nitrogens with zero attached hydrogens (tertiary/aromatic N) is 1. The fraction of sp³-hybridized carbons (Fsp3) is 0.133. The van der Waals surface area contributed by atoms with Crippen molar-refractivity contribution in [1.82, 2.24) is 9.97 Å². The van der Waals surface area contributed by atoms with Crippen LogP contribution in [-0.2, 0) is 0 Å². The van der Waals surface area contributed by atoms with Gasteiger partial charge in [0.1, 0.15) is 0 Å². The van der Waals surface area contributed by atoms with E-state index in [4.69, 9.17) is 0 Å². The summed E-state index contributed by atoms with van der Waals surface area (Å²) in [5, 5.41) is 10.8. The first kappa shape index (κ1) is 12.3. The molecule has 0 spiro atoms. The molecule has 2 N–H and O–H groups in total. The average Bonchev–Trinajstić information content (AvgIpc) is 2.37. The van der Waals surface area contributed by atoms with Crippen LogP contribution in [0.25, 0.3) is 21.8 Å². The van der Waals surface area contributed by atoms with Crippen LogP contribution in [0.4, 0.5) is 0 Å². The number of carboxylic acid groups (broad SMARTS) is 1. The predicted molar refractivity (Wildman–Crippen MR) is 76.3 cm³/mol. The number of hydrogen-bond acceptors (Lipinski definition) is 3. The number of aromatic amines is 1. The van der Waals surface area contributed by atoms with Gasteiger partial charge in [-0.1, -0.05) is 6.07 Å². The number of carboxylic acids is 1. The SMILES string of the molecule is Cc1cc(=O)[nH]c2c1ccc1ncc(C(=O)O)c(C)c12. The molecule has 0 aliphatic carbocycles. The Labute approximate surface area is 113 Å². The molecule has 3 aromatic rings. The van der Waals surface area contributed by atoms with Crippen molar-refractivity contribution in [3.05, 3.63) is 51.4 Å². The van der Waals surface area contributed by atoms with Crippen molar-refractivity contribution in [2.45, 2.75) is 13.8 Å². The molecule has 0 aliphatic rings. The molecule has 0 saturated heterocycles. The van der Waals surface area contributed by atoms with Crippen molar-refractivity contribution in [3.8, 4) is 0 Å². The quantitative estimate of drug-likeness (QED) is 0.664. The van der Waals surface area contributed by atoms with Gasteiger partial charge in [0.05, 0.1) is 16.6 Å². The van der Waals surface area contributed by atoms with E-state index >= 15 is 0 Å². The van der Waals surface area contributed by atoms with Crippen LogP contribution in [0.15, 0.2) is 29.2 Å². The van der Waals surface area contributed by atoms with E-state index in [0.717, 1.165) is 10.9 Å². The van der Waals surface area contributed by atoms with Crippen molar-refractivity contribution in [3.63, 3.8) is 0 Å². The van der Waals surface area contributed by atoms with Gasteiger partial charge < -0.3 is 10.1 Å². The normalized spacial score (nSPS) is 11.1. The molecule has 1 aromatic carbocycles. The average molecular weight is 268 g/mol. The Morgan fingerprint density at radius 3 is 2.75 bits per heavy atom. The van der Waals surface area contributed by atoms with E-state index in [0.29, 0.717) is 22.0 Å². The second-order valence-corrected chi connectivity index (χ2v) is 4.80. The van der Waals surface area contributed by atoms with E-state index in [1.807, 2.05) is 19.1 Å². The molecule has 0 saturated carbocycles. The first-order valence-corrected chi connectivity index (χ1v) is 6.14. The summed E-state index contributed by atoms with van der Waals surface area (Å²) < 4.78 is 0. The van der Waals surface area contributed by atoms with Gasteiger partial charge >= 0.3 is 5.97 Å². The fourth-order valence-corrected chi connectivity index (χ4v) is 2.55. The Balaban J connectivity index is 2.61. The van der Waals surface area contributed by atoms with E-state index in [-0.39, 0.29) is 11.1 Å². The molecule has 5 heteroatoms. The Morgan fingerprint density at radius 1 is 1.30 bits per heavy atom. The molecule has 0 atom stereocenters. The van der Waals surface area contributed by atoms with Crippen LogP contribution >= 0.6 is 0 Å². The minimum atomic E-state index is -1.02. The standard InChI is InChI=1S/C15H12N2O3/c1-7-5-12(18)17-14-9(7)3-4-11-13(14)8(2)10(6-16-11)15(19)20/h3-6H,1-2H3,(H,17,18)(H,19,20). The number of nitrogens with one attached hydrogen (secondary N) is 1. The second kappa shape index (κ2) is 4.16. The zero-order chi connectivity index (χ0) is 14.4. The zero-order valence-corrected chi connectivity index (χ0v) is 11.0. The molecule has 0 aliphatic heterocycles. The molecular formula is C15H12N2O3. The van der Waals surface area contributed by atoms with E-state index in [1.54, 1.807) is 6.92 Å². The van der Waals surface area contributed by atoms with Crippen LogP contribution in [0.3, 0.4) is 0 Å². The number of fused-ring (bicyclic) bond motifs is 3. The van der Waals surface area contributed by atoms with Crippen LogP contribution < -0.4 is 5.56 Å². The fourth-order valence-electron chi connectivity index (χ4n) is 2.55. The third-order valence-electron chi connectivity index (χ3n) is 3.55. The Hall–Kier alpha value is -2.69. The summed E-state index contributed by atoms with van der Waals surface area (Å²) in [7, 11) is 0. The summed E-state index contributed by atoms with van der Waals surface area (Å²) in [6.07, 6.45) is 1.35. The van der Waals surface area contributed by atoms with Crippen LogP contribution in [0.2, 0.25) is 0 Å². The molecule has 2 heterocycles. The zero-order valence-electron chi connectivity index (χ0n) is 11.0. The summed E-state index contributed by atoms with van der Waals surface area (Å²) in [4.78, 5) is 29.9. The van der Waals surface area contributed by atoms with E-state index in [9.17, 15) is 14.7 Å². The maximum Gasteiger partial charge on any atom is 0.337 e. The van der Waals surface area contributed by atoms with Crippen molar-refractivity contribution in [2.75, 3.05) is 0 Å². The minimum absolute atomic E-state index is 0.146. The molecule has 5 nitrogen and oxygen atoms in total. The molecule has 20 heavy (non-hydrogen) atoms. The van der Waals surface area contributed by atoms with E-state index in [1.165, 1.54) is 12.3 Å². The molecule has 0 unspecified atom stereocenters. The first-order valence-electron chi connectivity index (χ1n) is 6.14. The number of hydrogen-bond donors (Lipinski definition) is 2. The molecule has 3 rings (SSSR count). The number of rotatable bonds is 1. The van der Waals surface area contributed by atoms with Gasteiger partial charge in [0.2, 0.25) is 5.56 Å². The van der Waals surface area contributed by atoms with Gasteiger partial charge in [0.25, 0.3) is 0 Å². The van der Waals surface area contributed by atoms with Crippen LogP contribution in [0, 0.1) is 13.8 Å². The van der Waals surface area contributed by atoms with Gasteiger partial charge in [-0.25, -0.2) is 4.79 Å². The Morgan fingerprint density at radius 2 is 2.05 bits per heavy atom. The van der Waals surface area contributed by atoms with Crippen molar-refractivity contribution in [1.29, 1.82) is 0 Å². The number of aryl methyl sites for hydroxylation is 2. The summed E-state index contributed by atoms with van der Waals surface area (Å²) >= 11 is 0. The van der Waals surface area contributed by atoms with Gasteiger partial charge in [-0.15, -0.1) is 0 Å². The highest BCUT2D eigenvalue weighted by Gasteiger charge is 2.14. The van der Waals surface area contributed by atoms with Gasteiger partial charge in [-0.3, -0.25) is 9.78 Å². The maximum atomic E-state index is 11.7. The lowest BCUT2D eigenvalue weighted by Gasteiger charge is -2.09. The third kappa shape index (κ3) is 1.67. The van der Waals surface area contributed by atoms with Crippen LogP contribution in [-0.4, -0.2) is 21.0 Å². The molecular weight excluding hydrogens is 256 g/mol. The first-order chi connectivity index (χ1) is 9.49. The lowest BCUT2D eigenvalue weighted by atomic mass is 10.0. The number of aromatic nitrogens is 2. The van der Waals surface area contributed by atoms with Gasteiger partial charge in [-0.2, -0.15) is 0 Å². The monoisotopic (exact) mass is 268 g/mol. The van der Waals surface area contributed by atoms with E-state index in [2.05, 4.69) is 9.97 Å². The number of aromatic carboxylic acids is 1. The Kier molecular flexibility index (Phi) is 2.57. The highest BCUT2D eigenvalue weighted by atomic mass is 16.4. The molecule has 2 aromatic heterocycles. The van der Waals surface area contributed by atoms with Gasteiger partial charge in [-0.05, 0) is 31.0 Å². The van der Waals surface area contributed by atoms with Crippen molar-refractivity contribution in [2.24, 2.45) is 0 Å². The lowest BCUT2D eigenvalue weighted by Crippen LogP contribution is -2.07. The molecule has 0 fully saturated rings. The van der Waals surface area contributed by atoms with Crippen LogP contribution in [0.1, 0.15) is 21.5 Å². The highest BCUT2D eigenvalue weighted by Crippen LogP contribution is 2.27. The molecule has 100 valence electrons. The second-order valence-electron chi connectivity index (χ2n) is 4.80. The predicted octanol–water partition coefficient (Wildman–Crippen LogP) is 2.39. The van der Waals surface area contributed by atoms with Gasteiger partial charge in [0, 0.05) is 23.0 Å². The topological polar surface area (TPSA) is 83.0 Å².